The molecule has 104 valence electrons. The van der Waals surface area contributed by atoms with Gasteiger partial charge in [0.2, 0.25) is 0 Å². The van der Waals surface area contributed by atoms with Crippen molar-refractivity contribution >= 4 is 0 Å². The summed E-state index contributed by atoms with van der Waals surface area (Å²) in [5, 5.41) is 3.67. The second-order valence-corrected chi connectivity index (χ2v) is 7.01. The summed E-state index contributed by atoms with van der Waals surface area (Å²) in [6.07, 6.45) is 14.5. The Morgan fingerprint density at radius 2 is 1.78 bits per heavy atom. The zero-order valence-electron chi connectivity index (χ0n) is 12.1. The summed E-state index contributed by atoms with van der Waals surface area (Å²) >= 11 is 0. The lowest BCUT2D eigenvalue weighted by atomic mass is 9.79. The van der Waals surface area contributed by atoms with Gasteiger partial charge in [0.25, 0.3) is 0 Å². The first-order chi connectivity index (χ1) is 8.81. The van der Waals surface area contributed by atoms with Crippen molar-refractivity contribution < 1.29 is 0 Å². The van der Waals surface area contributed by atoms with Gasteiger partial charge in [-0.05, 0) is 57.9 Å². The van der Waals surface area contributed by atoms with Crippen LogP contribution in [0.2, 0.25) is 0 Å². The van der Waals surface area contributed by atoms with Crippen molar-refractivity contribution in [3.05, 3.63) is 0 Å². The molecule has 1 N–H and O–H groups in total. The van der Waals surface area contributed by atoms with Gasteiger partial charge in [-0.25, -0.2) is 0 Å². The highest BCUT2D eigenvalue weighted by Crippen LogP contribution is 2.36. The lowest BCUT2D eigenvalue weighted by Gasteiger charge is -2.39. The first kappa shape index (κ1) is 12.9. The van der Waals surface area contributed by atoms with E-state index in [1.165, 1.54) is 77.3 Å². The van der Waals surface area contributed by atoms with Crippen LogP contribution in [0.4, 0.5) is 0 Å². The van der Waals surface area contributed by atoms with Gasteiger partial charge in [-0.1, -0.05) is 19.3 Å². The summed E-state index contributed by atoms with van der Waals surface area (Å²) < 4.78 is 0. The number of hydrogen-bond acceptors (Lipinski definition) is 2. The van der Waals surface area contributed by atoms with Crippen LogP contribution in [-0.2, 0) is 0 Å². The third kappa shape index (κ3) is 3.27. The van der Waals surface area contributed by atoms with Crippen LogP contribution in [0, 0.1) is 5.92 Å². The molecule has 0 radical (unpaired) electrons. The molecular formula is C16H30N2. The smallest absolute Gasteiger partial charge is 0.0190 e. The van der Waals surface area contributed by atoms with Crippen molar-refractivity contribution in [3.8, 4) is 0 Å². The standard InChI is InChI=1S/C16H30N2/c1-17-16(9-3-2-4-10-16)11-12-18(15-7-8-15)13-14-5-6-14/h14-15,17H,2-13H2,1H3. The van der Waals surface area contributed by atoms with E-state index in [-0.39, 0.29) is 0 Å². The average molecular weight is 250 g/mol. The lowest BCUT2D eigenvalue weighted by Crippen LogP contribution is -2.47. The molecule has 0 bridgehead atoms. The van der Waals surface area contributed by atoms with Crippen molar-refractivity contribution in [3.63, 3.8) is 0 Å². The first-order valence-electron chi connectivity index (χ1n) is 8.24. The highest BCUT2D eigenvalue weighted by Gasteiger charge is 2.36. The van der Waals surface area contributed by atoms with Crippen LogP contribution in [0.15, 0.2) is 0 Å². The van der Waals surface area contributed by atoms with Gasteiger partial charge >= 0.3 is 0 Å². The van der Waals surface area contributed by atoms with E-state index in [1.54, 1.807) is 0 Å². The molecule has 0 heterocycles. The van der Waals surface area contributed by atoms with Gasteiger partial charge in [-0.2, -0.15) is 0 Å². The Kier molecular flexibility index (Phi) is 3.95. The summed E-state index contributed by atoms with van der Waals surface area (Å²) in [6.45, 7) is 2.76. The van der Waals surface area contributed by atoms with E-state index in [1.807, 2.05) is 0 Å². The largest absolute Gasteiger partial charge is 0.314 e. The minimum Gasteiger partial charge on any atom is -0.314 e. The molecule has 0 saturated heterocycles. The average Bonchev–Trinajstić information content (AvgIpc) is 3.28. The molecule has 0 aromatic heterocycles. The fraction of sp³-hybridized carbons (Fsp3) is 1.00. The van der Waals surface area contributed by atoms with Crippen LogP contribution in [0.25, 0.3) is 0 Å². The predicted molar refractivity (Wildman–Crippen MR) is 76.8 cm³/mol. The quantitative estimate of drug-likeness (QED) is 0.746. The maximum Gasteiger partial charge on any atom is 0.0190 e. The number of rotatable bonds is 7. The van der Waals surface area contributed by atoms with Gasteiger partial charge in [0, 0.05) is 24.7 Å². The summed E-state index contributed by atoms with van der Waals surface area (Å²) in [6, 6.07) is 0.961. The topological polar surface area (TPSA) is 15.3 Å². The zero-order valence-corrected chi connectivity index (χ0v) is 12.1. The fourth-order valence-corrected chi connectivity index (χ4v) is 3.71. The molecule has 0 aliphatic heterocycles. The molecule has 18 heavy (non-hydrogen) atoms. The minimum absolute atomic E-state index is 0.481. The van der Waals surface area contributed by atoms with E-state index in [9.17, 15) is 0 Å². The Labute approximate surface area is 113 Å². The van der Waals surface area contributed by atoms with Crippen molar-refractivity contribution in [1.82, 2.24) is 10.2 Å². The maximum absolute atomic E-state index is 3.67. The van der Waals surface area contributed by atoms with E-state index >= 15 is 0 Å². The molecule has 0 unspecified atom stereocenters. The molecule has 3 aliphatic rings. The number of nitrogens with zero attached hydrogens (tertiary/aromatic N) is 1. The van der Waals surface area contributed by atoms with Crippen LogP contribution < -0.4 is 5.32 Å². The van der Waals surface area contributed by atoms with Crippen LogP contribution in [0.5, 0.6) is 0 Å². The highest BCUT2D eigenvalue weighted by molar-refractivity contribution is 4.93. The Bertz CT molecular complexity index is 262. The molecule has 0 aromatic rings. The lowest BCUT2D eigenvalue weighted by molar-refractivity contribution is 0.173. The molecule has 3 aliphatic carbocycles. The van der Waals surface area contributed by atoms with Gasteiger partial charge in [0.1, 0.15) is 0 Å². The van der Waals surface area contributed by atoms with E-state index in [0.29, 0.717) is 5.54 Å². The molecule has 3 rings (SSSR count). The first-order valence-corrected chi connectivity index (χ1v) is 8.24. The van der Waals surface area contributed by atoms with Crippen molar-refractivity contribution in [2.24, 2.45) is 5.92 Å². The fourth-order valence-electron chi connectivity index (χ4n) is 3.71. The van der Waals surface area contributed by atoms with E-state index < -0.39 is 0 Å². The Morgan fingerprint density at radius 3 is 2.33 bits per heavy atom. The molecule has 3 saturated carbocycles. The normalized spacial score (nSPS) is 27.7. The maximum atomic E-state index is 3.67. The van der Waals surface area contributed by atoms with Gasteiger partial charge in [0.15, 0.2) is 0 Å². The molecule has 0 spiro atoms. The van der Waals surface area contributed by atoms with Crippen LogP contribution >= 0.6 is 0 Å². The van der Waals surface area contributed by atoms with E-state index in [2.05, 4.69) is 17.3 Å². The second kappa shape index (κ2) is 5.50. The Balaban J connectivity index is 1.50. The van der Waals surface area contributed by atoms with E-state index in [4.69, 9.17) is 0 Å². The highest BCUT2D eigenvalue weighted by atomic mass is 15.2. The van der Waals surface area contributed by atoms with E-state index in [0.717, 1.165) is 12.0 Å². The monoisotopic (exact) mass is 250 g/mol. The van der Waals surface area contributed by atoms with Crippen molar-refractivity contribution in [1.29, 1.82) is 0 Å². The van der Waals surface area contributed by atoms with Crippen LogP contribution in [0.1, 0.15) is 64.2 Å². The second-order valence-electron chi connectivity index (χ2n) is 7.01. The Morgan fingerprint density at radius 1 is 1.06 bits per heavy atom. The third-order valence-corrected chi connectivity index (χ3v) is 5.47. The molecule has 0 amide bonds. The van der Waals surface area contributed by atoms with Gasteiger partial charge < -0.3 is 10.2 Å². The van der Waals surface area contributed by atoms with Crippen molar-refractivity contribution in [2.45, 2.75) is 75.8 Å². The van der Waals surface area contributed by atoms with Crippen LogP contribution in [0.3, 0.4) is 0 Å². The van der Waals surface area contributed by atoms with Gasteiger partial charge in [-0.15, -0.1) is 0 Å². The zero-order chi connectivity index (χ0) is 12.4. The SMILES string of the molecule is CNC1(CCN(CC2CC2)C2CC2)CCCCC1. The van der Waals surface area contributed by atoms with Crippen LogP contribution in [-0.4, -0.2) is 36.6 Å². The number of hydrogen-bond donors (Lipinski definition) is 1. The molecule has 0 atom stereocenters. The minimum atomic E-state index is 0.481. The summed E-state index contributed by atoms with van der Waals surface area (Å²) in [5.41, 5.74) is 0.481. The molecule has 0 aromatic carbocycles. The number of nitrogens with one attached hydrogen (secondary N) is 1. The predicted octanol–water partition coefficient (Wildman–Crippen LogP) is 3.17. The summed E-state index contributed by atoms with van der Waals surface area (Å²) in [4.78, 5) is 2.82. The summed E-state index contributed by atoms with van der Waals surface area (Å²) in [7, 11) is 2.19. The third-order valence-electron chi connectivity index (χ3n) is 5.47. The van der Waals surface area contributed by atoms with Gasteiger partial charge in [0.05, 0.1) is 0 Å². The molecule has 2 nitrogen and oxygen atoms in total. The molecule has 3 fully saturated rings. The Hall–Kier alpha value is -0.0800. The summed E-state index contributed by atoms with van der Waals surface area (Å²) in [5.74, 6) is 1.06. The molecular weight excluding hydrogens is 220 g/mol. The molecule has 2 heteroatoms. The van der Waals surface area contributed by atoms with Crippen molar-refractivity contribution in [2.75, 3.05) is 20.1 Å². The van der Waals surface area contributed by atoms with Gasteiger partial charge in [-0.3, -0.25) is 0 Å².